The summed E-state index contributed by atoms with van der Waals surface area (Å²) in [5.74, 6) is 0.892. The van der Waals surface area contributed by atoms with Gasteiger partial charge in [-0.3, -0.25) is 4.90 Å². The number of fused-ring (bicyclic) bond motifs is 1. The second-order valence-corrected chi connectivity index (χ2v) is 6.24. The second-order valence-electron chi connectivity index (χ2n) is 6.24. The Morgan fingerprint density at radius 1 is 1.27 bits per heavy atom. The van der Waals surface area contributed by atoms with Crippen molar-refractivity contribution in [3.05, 3.63) is 36.1 Å². The Morgan fingerprint density at radius 2 is 2.05 bits per heavy atom. The minimum absolute atomic E-state index is 0.529. The number of nitrogens with one attached hydrogen (secondary N) is 1. The number of benzene rings is 1. The van der Waals surface area contributed by atoms with Crippen LogP contribution in [0.15, 0.2) is 34.7 Å². The fraction of sp³-hybridized carbons (Fsp3) is 0.529. The maximum atomic E-state index is 10.5. The summed E-state index contributed by atoms with van der Waals surface area (Å²) >= 11 is 0. The van der Waals surface area contributed by atoms with Gasteiger partial charge in [0.1, 0.15) is 11.3 Å². The molecule has 1 atom stereocenters. The van der Waals surface area contributed by atoms with Crippen LogP contribution in [0.1, 0.15) is 12.7 Å². The van der Waals surface area contributed by atoms with Crippen molar-refractivity contribution in [2.45, 2.75) is 19.1 Å². The number of β-amino-alcohol motifs (C(OH)–C–C–N with tert-alkyl or cyclic N) is 1. The summed E-state index contributed by atoms with van der Waals surface area (Å²) in [4.78, 5) is 2.24. The number of ether oxygens (including phenoxy) is 1. The van der Waals surface area contributed by atoms with E-state index in [1.165, 1.54) is 0 Å². The molecule has 1 aliphatic heterocycles. The van der Waals surface area contributed by atoms with E-state index in [0.29, 0.717) is 19.6 Å². The number of aliphatic hydroxyl groups is 1. The zero-order chi connectivity index (χ0) is 15.4. The number of morpholine rings is 1. The highest BCUT2D eigenvalue weighted by molar-refractivity contribution is 5.77. The molecular weight excluding hydrogens is 280 g/mol. The molecule has 5 nitrogen and oxygen atoms in total. The molecule has 2 N–H and O–H groups in total. The van der Waals surface area contributed by atoms with Crippen molar-refractivity contribution in [2.24, 2.45) is 0 Å². The third-order valence-electron chi connectivity index (χ3n) is 3.95. The normalized spacial score (nSPS) is 19.4. The molecule has 1 aromatic heterocycles. The zero-order valence-corrected chi connectivity index (χ0v) is 13.0. The fourth-order valence-corrected chi connectivity index (χ4v) is 2.88. The third kappa shape index (κ3) is 4.08. The average Bonchev–Trinajstić information content (AvgIpc) is 2.90. The minimum atomic E-state index is -0.761. The standard InChI is InChI=1S/C17H24N2O3/c1-17(20,13-19-6-8-21-9-7-19)12-18-11-15-10-14-4-2-3-5-16(14)22-15/h2-5,10,18,20H,6-9,11-13H2,1H3. The first-order valence-corrected chi connectivity index (χ1v) is 7.83. The van der Waals surface area contributed by atoms with Crippen molar-refractivity contribution in [1.82, 2.24) is 10.2 Å². The van der Waals surface area contributed by atoms with Gasteiger partial charge in [0.2, 0.25) is 0 Å². The Bertz CT molecular complexity index is 570. The molecule has 1 aliphatic rings. The van der Waals surface area contributed by atoms with Gasteiger partial charge in [0.15, 0.2) is 0 Å². The average molecular weight is 304 g/mol. The van der Waals surface area contributed by atoms with Crippen LogP contribution in [0.25, 0.3) is 11.0 Å². The first-order chi connectivity index (χ1) is 10.6. The summed E-state index contributed by atoms with van der Waals surface area (Å²) in [5.41, 5.74) is 0.142. The van der Waals surface area contributed by atoms with Gasteiger partial charge in [0.25, 0.3) is 0 Å². The Labute approximate surface area is 130 Å². The van der Waals surface area contributed by atoms with Crippen molar-refractivity contribution in [2.75, 3.05) is 39.4 Å². The number of hydrogen-bond donors (Lipinski definition) is 2. The highest BCUT2D eigenvalue weighted by Crippen LogP contribution is 2.18. The summed E-state index contributed by atoms with van der Waals surface area (Å²) in [6, 6.07) is 10.0. The summed E-state index contributed by atoms with van der Waals surface area (Å²) in [7, 11) is 0. The highest BCUT2D eigenvalue weighted by Gasteiger charge is 2.24. The van der Waals surface area contributed by atoms with Gasteiger partial charge in [0.05, 0.1) is 25.4 Å². The predicted molar refractivity (Wildman–Crippen MR) is 85.8 cm³/mol. The topological polar surface area (TPSA) is 57.9 Å². The van der Waals surface area contributed by atoms with Crippen LogP contribution in [0.3, 0.4) is 0 Å². The van der Waals surface area contributed by atoms with Gasteiger partial charge >= 0.3 is 0 Å². The van der Waals surface area contributed by atoms with Crippen LogP contribution in [-0.2, 0) is 11.3 Å². The largest absolute Gasteiger partial charge is 0.460 e. The Kier molecular flexibility index (Phi) is 4.78. The van der Waals surface area contributed by atoms with Gasteiger partial charge in [-0.15, -0.1) is 0 Å². The summed E-state index contributed by atoms with van der Waals surface area (Å²) in [6.07, 6.45) is 0. The Morgan fingerprint density at radius 3 is 2.82 bits per heavy atom. The van der Waals surface area contributed by atoms with Crippen molar-refractivity contribution >= 4 is 11.0 Å². The first kappa shape index (κ1) is 15.5. The van der Waals surface area contributed by atoms with E-state index in [1.807, 2.05) is 37.3 Å². The molecule has 120 valence electrons. The van der Waals surface area contributed by atoms with Crippen molar-refractivity contribution < 1.29 is 14.3 Å². The lowest BCUT2D eigenvalue weighted by Gasteiger charge is -2.33. The molecule has 0 spiro atoms. The summed E-state index contributed by atoms with van der Waals surface area (Å²) in [6.45, 7) is 6.96. The molecular formula is C17H24N2O3. The molecule has 22 heavy (non-hydrogen) atoms. The lowest BCUT2D eigenvalue weighted by molar-refractivity contribution is -0.0220. The fourth-order valence-electron chi connectivity index (χ4n) is 2.88. The minimum Gasteiger partial charge on any atom is -0.460 e. The highest BCUT2D eigenvalue weighted by atomic mass is 16.5. The quantitative estimate of drug-likeness (QED) is 0.849. The lowest BCUT2D eigenvalue weighted by Crippen LogP contribution is -2.50. The molecule has 2 heterocycles. The molecule has 1 unspecified atom stereocenters. The third-order valence-corrected chi connectivity index (χ3v) is 3.95. The molecule has 1 saturated heterocycles. The van der Waals surface area contributed by atoms with E-state index in [2.05, 4.69) is 10.2 Å². The van der Waals surface area contributed by atoms with Gasteiger partial charge in [-0.05, 0) is 19.1 Å². The van der Waals surface area contributed by atoms with Crippen LogP contribution in [0.5, 0.6) is 0 Å². The van der Waals surface area contributed by atoms with Crippen LogP contribution < -0.4 is 5.32 Å². The summed E-state index contributed by atoms with van der Waals surface area (Å²) in [5, 5.41) is 14.9. The van der Waals surface area contributed by atoms with E-state index in [-0.39, 0.29) is 0 Å². The Hall–Kier alpha value is -1.40. The van der Waals surface area contributed by atoms with Crippen LogP contribution in [0.2, 0.25) is 0 Å². The molecule has 0 radical (unpaired) electrons. The molecule has 1 aromatic carbocycles. The van der Waals surface area contributed by atoms with Crippen molar-refractivity contribution in [3.63, 3.8) is 0 Å². The van der Waals surface area contributed by atoms with E-state index in [1.54, 1.807) is 0 Å². The van der Waals surface area contributed by atoms with Gasteiger partial charge in [-0.1, -0.05) is 18.2 Å². The zero-order valence-electron chi connectivity index (χ0n) is 13.0. The number of furan rings is 1. The number of para-hydroxylation sites is 1. The second kappa shape index (κ2) is 6.79. The smallest absolute Gasteiger partial charge is 0.134 e. The van der Waals surface area contributed by atoms with Gasteiger partial charge in [0, 0.05) is 31.6 Å². The molecule has 3 rings (SSSR count). The van der Waals surface area contributed by atoms with Crippen molar-refractivity contribution in [1.29, 1.82) is 0 Å². The molecule has 0 bridgehead atoms. The number of hydrogen-bond acceptors (Lipinski definition) is 5. The number of rotatable bonds is 6. The van der Waals surface area contributed by atoms with E-state index in [0.717, 1.165) is 43.0 Å². The Balaban J connectivity index is 1.48. The molecule has 0 amide bonds. The van der Waals surface area contributed by atoms with Crippen LogP contribution in [0.4, 0.5) is 0 Å². The molecule has 1 fully saturated rings. The van der Waals surface area contributed by atoms with Gasteiger partial charge < -0.3 is 19.6 Å². The molecule has 5 heteroatoms. The SMILES string of the molecule is CC(O)(CNCc1cc2ccccc2o1)CN1CCOCC1. The lowest BCUT2D eigenvalue weighted by atomic mass is 10.1. The predicted octanol–water partition coefficient (Wildman–Crippen LogP) is 1.61. The maximum absolute atomic E-state index is 10.5. The number of nitrogens with zero attached hydrogens (tertiary/aromatic N) is 1. The maximum Gasteiger partial charge on any atom is 0.134 e. The molecule has 2 aromatic rings. The van der Waals surface area contributed by atoms with Crippen LogP contribution >= 0.6 is 0 Å². The first-order valence-electron chi connectivity index (χ1n) is 7.83. The molecule has 0 saturated carbocycles. The van der Waals surface area contributed by atoms with Crippen LogP contribution in [-0.4, -0.2) is 55.0 Å². The van der Waals surface area contributed by atoms with E-state index in [9.17, 15) is 5.11 Å². The summed E-state index contributed by atoms with van der Waals surface area (Å²) < 4.78 is 11.1. The van der Waals surface area contributed by atoms with Gasteiger partial charge in [-0.25, -0.2) is 0 Å². The monoisotopic (exact) mass is 304 g/mol. The van der Waals surface area contributed by atoms with E-state index >= 15 is 0 Å². The van der Waals surface area contributed by atoms with Crippen LogP contribution in [0, 0.1) is 0 Å². The molecule has 0 aliphatic carbocycles. The van der Waals surface area contributed by atoms with Gasteiger partial charge in [-0.2, -0.15) is 0 Å². The van der Waals surface area contributed by atoms with Crippen molar-refractivity contribution in [3.8, 4) is 0 Å². The van der Waals surface area contributed by atoms with E-state index in [4.69, 9.17) is 9.15 Å². The van der Waals surface area contributed by atoms with E-state index < -0.39 is 5.60 Å².